The highest BCUT2D eigenvalue weighted by molar-refractivity contribution is 7.21. The molecule has 0 amide bonds. The van der Waals surface area contributed by atoms with Crippen LogP contribution in [0.25, 0.3) is 10.2 Å². The zero-order chi connectivity index (χ0) is 14.8. The molecule has 3 rings (SSSR count). The highest BCUT2D eigenvalue weighted by atomic mass is 35.5. The molecule has 0 bridgehead atoms. The minimum atomic E-state index is 0.629. The van der Waals surface area contributed by atoms with Crippen LogP contribution in [0.5, 0.6) is 0 Å². The molecule has 3 aromatic rings. The van der Waals surface area contributed by atoms with Gasteiger partial charge in [-0.2, -0.15) is 0 Å². The average Bonchev–Trinajstić information content (AvgIpc) is 2.87. The van der Waals surface area contributed by atoms with Crippen LogP contribution in [0, 0.1) is 0 Å². The SMILES string of the molecule is CN(C)c1ccc(N=Nc2nc3ccc(Cl)cc3s2)cc1. The van der Waals surface area contributed by atoms with Crippen LogP contribution in [-0.2, 0) is 0 Å². The summed E-state index contributed by atoms with van der Waals surface area (Å²) in [4.78, 5) is 6.45. The predicted molar refractivity (Wildman–Crippen MR) is 89.6 cm³/mol. The quantitative estimate of drug-likeness (QED) is 0.604. The second kappa shape index (κ2) is 5.79. The number of azo groups is 1. The molecule has 0 unspecified atom stereocenters. The average molecular weight is 317 g/mol. The highest BCUT2D eigenvalue weighted by Gasteiger charge is 2.03. The summed E-state index contributed by atoms with van der Waals surface area (Å²) in [5, 5.41) is 9.74. The molecule has 0 N–H and O–H groups in total. The number of thiazole rings is 1. The predicted octanol–water partition coefficient (Wildman–Crippen LogP) is 5.43. The molecule has 1 aromatic heterocycles. The van der Waals surface area contributed by atoms with Crippen LogP contribution in [0.3, 0.4) is 0 Å². The monoisotopic (exact) mass is 316 g/mol. The second-order valence-corrected chi connectivity index (χ2v) is 6.16. The van der Waals surface area contributed by atoms with Crippen molar-refractivity contribution in [3.8, 4) is 0 Å². The molecule has 106 valence electrons. The van der Waals surface area contributed by atoms with Crippen LogP contribution < -0.4 is 4.90 Å². The van der Waals surface area contributed by atoms with Gasteiger partial charge in [-0.25, -0.2) is 4.98 Å². The first kappa shape index (κ1) is 14.0. The van der Waals surface area contributed by atoms with Gasteiger partial charge in [0, 0.05) is 24.8 Å². The molecule has 0 saturated heterocycles. The van der Waals surface area contributed by atoms with Crippen molar-refractivity contribution in [1.29, 1.82) is 0 Å². The molecule has 1 heterocycles. The Morgan fingerprint density at radius 3 is 2.52 bits per heavy atom. The van der Waals surface area contributed by atoms with Gasteiger partial charge in [0.25, 0.3) is 0 Å². The van der Waals surface area contributed by atoms with Gasteiger partial charge < -0.3 is 4.90 Å². The fourth-order valence-electron chi connectivity index (χ4n) is 1.85. The number of fused-ring (bicyclic) bond motifs is 1. The Bertz CT molecular complexity index is 793. The number of anilines is 1. The van der Waals surface area contributed by atoms with E-state index >= 15 is 0 Å². The standard InChI is InChI=1S/C15H13ClN4S/c1-20(2)12-6-4-11(5-7-12)18-19-15-17-13-8-3-10(16)9-14(13)21-15/h3-9H,1-2H3. The Hall–Kier alpha value is -1.98. The number of hydrogen-bond donors (Lipinski definition) is 0. The Morgan fingerprint density at radius 2 is 1.81 bits per heavy atom. The maximum atomic E-state index is 5.96. The largest absolute Gasteiger partial charge is 0.378 e. The van der Waals surface area contributed by atoms with Crippen molar-refractivity contribution in [3.63, 3.8) is 0 Å². The number of hydrogen-bond acceptors (Lipinski definition) is 5. The van der Waals surface area contributed by atoms with Crippen LogP contribution in [0.1, 0.15) is 0 Å². The van der Waals surface area contributed by atoms with Crippen molar-refractivity contribution in [2.45, 2.75) is 0 Å². The van der Waals surface area contributed by atoms with E-state index < -0.39 is 0 Å². The lowest BCUT2D eigenvalue weighted by molar-refractivity contribution is 1.13. The number of rotatable bonds is 3. The van der Waals surface area contributed by atoms with Gasteiger partial charge in [-0.05, 0) is 42.5 Å². The molecule has 0 fully saturated rings. The molecule has 0 aliphatic carbocycles. The van der Waals surface area contributed by atoms with Crippen LogP contribution in [-0.4, -0.2) is 19.1 Å². The normalized spacial score (nSPS) is 11.4. The molecular weight excluding hydrogens is 304 g/mol. The summed E-state index contributed by atoms with van der Waals surface area (Å²) in [5.74, 6) is 0. The van der Waals surface area contributed by atoms with Crippen LogP contribution >= 0.6 is 22.9 Å². The molecule has 4 nitrogen and oxygen atoms in total. The van der Waals surface area contributed by atoms with Gasteiger partial charge in [0.05, 0.1) is 15.9 Å². The van der Waals surface area contributed by atoms with Crippen LogP contribution in [0.4, 0.5) is 16.5 Å². The Labute approximate surface area is 131 Å². The molecule has 2 aromatic carbocycles. The summed E-state index contributed by atoms with van der Waals surface area (Å²) >= 11 is 7.44. The highest BCUT2D eigenvalue weighted by Crippen LogP contribution is 2.31. The van der Waals surface area contributed by atoms with Crippen LogP contribution in [0.15, 0.2) is 52.7 Å². The van der Waals surface area contributed by atoms with E-state index in [2.05, 4.69) is 15.2 Å². The first-order valence-electron chi connectivity index (χ1n) is 6.37. The molecule has 21 heavy (non-hydrogen) atoms. The first-order valence-corrected chi connectivity index (χ1v) is 7.56. The first-order chi connectivity index (χ1) is 10.1. The summed E-state index contributed by atoms with van der Waals surface area (Å²) in [7, 11) is 4.01. The summed E-state index contributed by atoms with van der Waals surface area (Å²) in [5.41, 5.74) is 2.82. The van der Waals surface area contributed by atoms with Gasteiger partial charge in [-0.15, -0.1) is 10.2 Å². The van der Waals surface area contributed by atoms with E-state index in [-0.39, 0.29) is 0 Å². The zero-order valence-electron chi connectivity index (χ0n) is 11.6. The summed E-state index contributed by atoms with van der Waals surface area (Å²) in [6, 6.07) is 13.5. The van der Waals surface area contributed by atoms with Crippen molar-refractivity contribution in [1.82, 2.24) is 4.98 Å². The third kappa shape index (κ3) is 3.20. The van der Waals surface area contributed by atoms with E-state index in [4.69, 9.17) is 11.6 Å². The fourth-order valence-corrected chi connectivity index (χ4v) is 2.91. The molecule has 0 aliphatic rings. The fraction of sp³-hybridized carbons (Fsp3) is 0.133. The summed E-state index contributed by atoms with van der Waals surface area (Å²) in [6.45, 7) is 0. The molecule has 0 atom stereocenters. The van der Waals surface area contributed by atoms with Crippen molar-refractivity contribution in [2.24, 2.45) is 10.2 Å². The van der Waals surface area contributed by atoms with Crippen molar-refractivity contribution in [2.75, 3.05) is 19.0 Å². The van der Waals surface area contributed by atoms with Gasteiger partial charge in [0.1, 0.15) is 0 Å². The maximum absolute atomic E-state index is 5.96. The molecular formula is C15H13ClN4S. The lowest BCUT2D eigenvalue weighted by Crippen LogP contribution is -2.07. The molecule has 6 heteroatoms. The topological polar surface area (TPSA) is 40.9 Å². The van der Waals surface area contributed by atoms with Gasteiger partial charge in [0.2, 0.25) is 5.13 Å². The van der Waals surface area contributed by atoms with Crippen molar-refractivity contribution >= 4 is 49.7 Å². The van der Waals surface area contributed by atoms with Crippen LogP contribution in [0.2, 0.25) is 5.02 Å². The minimum absolute atomic E-state index is 0.629. The number of nitrogens with zero attached hydrogens (tertiary/aromatic N) is 4. The van der Waals surface area contributed by atoms with Crippen molar-refractivity contribution in [3.05, 3.63) is 47.5 Å². The Morgan fingerprint density at radius 1 is 1.05 bits per heavy atom. The van der Waals surface area contributed by atoms with Gasteiger partial charge >= 0.3 is 0 Å². The molecule has 0 saturated carbocycles. The zero-order valence-corrected chi connectivity index (χ0v) is 13.2. The minimum Gasteiger partial charge on any atom is -0.378 e. The van der Waals surface area contributed by atoms with E-state index in [1.165, 1.54) is 11.3 Å². The van der Waals surface area contributed by atoms with E-state index in [1.54, 1.807) is 0 Å². The molecule has 0 aliphatic heterocycles. The smallest absolute Gasteiger partial charge is 0.231 e. The van der Waals surface area contributed by atoms with Gasteiger partial charge in [-0.3, -0.25) is 0 Å². The molecule has 0 radical (unpaired) electrons. The van der Waals surface area contributed by atoms with Gasteiger partial charge in [0.15, 0.2) is 0 Å². The maximum Gasteiger partial charge on any atom is 0.231 e. The van der Waals surface area contributed by atoms with Gasteiger partial charge in [-0.1, -0.05) is 22.9 Å². The van der Waals surface area contributed by atoms with E-state index in [0.717, 1.165) is 21.6 Å². The Balaban J connectivity index is 1.83. The van der Waals surface area contributed by atoms with E-state index in [1.807, 2.05) is 61.5 Å². The van der Waals surface area contributed by atoms with E-state index in [0.29, 0.717) is 10.2 Å². The molecule has 0 spiro atoms. The second-order valence-electron chi connectivity index (χ2n) is 4.72. The number of benzene rings is 2. The Kier molecular flexibility index (Phi) is 3.86. The lowest BCUT2D eigenvalue weighted by atomic mass is 10.3. The van der Waals surface area contributed by atoms with Crippen molar-refractivity contribution < 1.29 is 0 Å². The third-order valence-electron chi connectivity index (χ3n) is 2.96. The summed E-state index contributed by atoms with van der Waals surface area (Å²) in [6.07, 6.45) is 0. The number of halogens is 1. The lowest BCUT2D eigenvalue weighted by Gasteiger charge is -2.11. The summed E-state index contributed by atoms with van der Waals surface area (Å²) < 4.78 is 1.01. The third-order valence-corrected chi connectivity index (χ3v) is 4.09. The number of aromatic nitrogens is 1. The van der Waals surface area contributed by atoms with E-state index in [9.17, 15) is 0 Å².